The Morgan fingerprint density at radius 3 is 2.96 bits per heavy atom. The Bertz CT molecular complexity index is 894. The molecule has 0 saturated heterocycles. The zero-order valence-electron chi connectivity index (χ0n) is 13.6. The highest BCUT2D eigenvalue weighted by Crippen LogP contribution is 2.29. The molecule has 0 aliphatic heterocycles. The van der Waals surface area contributed by atoms with Gasteiger partial charge in [-0.1, -0.05) is 36.4 Å². The lowest BCUT2D eigenvalue weighted by Gasteiger charge is -2.24. The van der Waals surface area contributed by atoms with Crippen molar-refractivity contribution in [2.75, 3.05) is 5.32 Å². The monoisotopic (exact) mass is 320 g/mol. The van der Waals surface area contributed by atoms with Crippen LogP contribution in [0.1, 0.15) is 30.1 Å². The van der Waals surface area contributed by atoms with Gasteiger partial charge in [0.2, 0.25) is 0 Å². The van der Waals surface area contributed by atoms with Crippen LogP contribution in [0.5, 0.6) is 0 Å². The van der Waals surface area contributed by atoms with E-state index in [4.69, 9.17) is 0 Å². The second kappa shape index (κ2) is 6.00. The molecule has 3 aromatic rings. The molecule has 24 heavy (non-hydrogen) atoms. The van der Waals surface area contributed by atoms with Gasteiger partial charge in [0.15, 0.2) is 0 Å². The van der Waals surface area contributed by atoms with Crippen molar-refractivity contribution in [2.45, 2.75) is 25.3 Å². The summed E-state index contributed by atoms with van der Waals surface area (Å²) < 4.78 is 1.91. The van der Waals surface area contributed by atoms with Crippen LogP contribution in [0.15, 0.2) is 48.7 Å². The van der Waals surface area contributed by atoms with Crippen LogP contribution in [0.2, 0.25) is 0 Å². The number of nitrogens with one attached hydrogen (secondary N) is 2. The first-order valence-electron chi connectivity index (χ1n) is 8.28. The summed E-state index contributed by atoms with van der Waals surface area (Å²) in [6.45, 7) is 0. The Labute approximate surface area is 140 Å². The number of fused-ring (bicyclic) bond motifs is 2. The molecule has 5 heteroatoms. The molecule has 0 radical (unpaired) electrons. The Hall–Kier alpha value is -2.82. The van der Waals surface area contributed by atoms with Crippen LogP contribution in [0, 0.1) is 0 Å². The number of anilines is 1. The summed E-state index contributed by atoms with van der Waals surface area (Å²) in [6, 6.07) is 13.8. The zero-order chi connectivity index (χ0) is 16.5. The second-order valence-corrected chi connectivity index (χ2v) is 6.24. The maximum atomic E-state index is 12.5. The number of aromatic nitrogens is 2. The van der Waals surface area contributed by atoms with Gasteiger partial charge in [0.25, 0.3) is 0 Å². The highest BCUT2D eigenvalue weighted by Gasteiger charge is 2.24. The lowest BCUT2D eigenvalue weighted by molar-refractivity contribution is 0.247. The normalized spacial score (nSPS) is 16.6. The summed E-state index contributed by atoms with van der Waals surface area (Å²) in [4.78, 5) is 12.5. The lowest BCUT2D eigenvalue weighted by atomic mass is 9.93. The van der Waals surface area contributed by atoms with Crippen molar-refractivity contribution in [3.63, 3.8) is 0 Å². The van der Waals surface area contributed by atoms with Gasteiger partial charge in [0, 0.05) is 23.7 Å². The van der Waals surface area contributed by atoms with Crippen LogP contribution in [0.3, 0.4) is 0 Å². The van der Waals surface area contributed by atoms with Crippen molar-refractivity contribution in [2.24, 2.45) is 7.05 Å². The molecule has 1 aromatic heterocycles. The second-order valence-electron chi connectivity index (χ2n) is 6.24. The van der Waals surface area contributed by atoms with E-state index in [0.29, 0.717) is 0 Å². The molecule has 2 N–H and O–H groups in total. The number of carbonyl (C=O) groups excluding carboxylic acids is 1. The van der Waals surface area contributed by atoms with Crippen LogP contribution < -0.4 is 10.6 Å². The van der Waals surface area contributed by atoms with Crippen molar-refractivity contribution < 1.29 is 4.79 Å². The highest BCUT2D eigenvalue weighted by atomic mass is 16.2. The van der Waals surface area contributed by atoms with Gasteiger partial charge in [-0.25, -0.2) is 4.79 Å². The van der Waals surface area contributed by atoms with E-state index in [1.807, 2.05) is 60.4 Å². The molecule has 0 bridgehead atoms. The van der Waals surface area contributed by atoms with E-state index < -0.39 is 0 Å². The third-order valence-electron chi connectivity index (χ3n) is 4.72. The van der Waals surface area contributed by atoms with E-state index in [-0.39, 0.29) is 12.1 Å². The Morgan fingerprint density at radius 2 is 2.04 bits per heavy atom. The van der Waals surface area contributed by atoms with Crippen LogP contribution in [0.25, 0.3) is 10.8 Å². The fourth-order valence-corrected chi connectivity index (χ4v) is 3.51. The average Bonchev–Trinajstić information content (AvgIpc) is 2.98. The molecule has 2 amide bonds. The summed E-state index contributed by atoms with van der Waals surface area (Å²) in [7, 11) is 1.96. The minimum absolute atomic E-state index is 0.0254. The minimum atomic E-state index is -0.173. The van der Waals surface area contributed by atoms with E-state index in [0.717, 1.165) is 41.3 Å². The maximum Gasteiger partial charge on any atom is 0.319 e. The van der Waals surface area contributed by atoms with Gasteiger partial charge in [-0.05, 0) is 30.7 Å². The molecular formula is C19H20N4O. The molecule has 5 nitrogen and oxygen atoms in total. The third kappa shape index (κ3) is 2.62. The fraction of sp³-hybridized carbons (Fsp3) is 0.263. The summed E-state index contributed by atoms with van der Waals surface area (Å²) >= 11 is 0. The van der Waals surface area contributed by atoms with Crippen LogP contribution in [-0.2, 0) is 13.5 Å². The molecule has 1 aliphatic carbocycles. The van der Waals surface area contributed by atoms with Crippen molar-refractivity contribution in [3.8, 4) is 0 Å². The van der Waals surface area contributed by atoms with Crippen LogP contribution >= 0.6 is 0 Å². The molecule has 1 heterocycles. The van der Waals surface area contributed by atoms with E-state index in [1.54, 1.807) is 0 Å². The molecule has 0 unspecified atom stereocenters. The number of aryl methyl sites for hydroxylation is 1. The van der Waals surface area contributed by atoms with Crippen molar-refractivity contribution in [1.82, 2.24) is 15.1 Å². The molecule has 122 valence electrons. The maximum absolute atomic E-state index is 12.5. The number of nitrogens with zero attached hydrogens (tertiary/aromatic N) is 2. The number of hydrogen-bond donors (Lipinski definition) is 2. The largest absolute Gasteiger partial charge is 0.331 e. The van der Waals surface area contributed by atoms with E-state index in [2.05, 4.69) is 15.7 Å². The molecule has 0 fully saturated rings. The molecule has 4 rings (SSSR count). The van der Waals surface area contributed by atoms with Crippen LogP contribution in [-0.4, -0.2) is 15.8 Å². The molecule has 1 aliphatic rings. The summed E-state index contributed by atoms with van der Waals surface area (Å²) in [5, 5.41) is 12.6. The molecular weight excluding hydrogens is 300 g/mol. The molecule has 2 aromatic carbocycles. The Kier molecular flexibility index (Phi) is 3.69. The molecule has 1 atom stereocenters. The van der Waals surface area contributed by atoms with Gasteiger partial charge in [-0.3, -0.25) is 4.68 Å². The minimum Gasteiger partial charge on any atom is -0.331 e. The van der Waals surface area contributed by atoms with Crippen LogP contribution in [0.4, 0.5) is 10.5 Å². The van der Waals surface area contributed by atoms with E-state index in [9.17, 15) is 4.79 Å². The predicted octanol–water partition coefficient (Wildman–Crippen LogP) is 3.77. The van der Waals surface area contributed by atoms with Gasteiger partial charge >= 0.3 is 6.03 Å². The summed E-state index contributed by atoms with van der Waals surface area (Å²) in [5.41, 5.74) is 3.18. The summed E-state index contributed by atoms with van der Waals surface area (Å²) in [6.07, 6.45) is 4.90. The average molecular weight is 320 g/mol. The summed E-state index contributed by atoms with van der Waals surface area (Å²) in [5.74, 6) is 0. The first-order chi connectivity index (χ1) is 11.7. The highest BCUT2D eigenvalue weighted by molar-refractivity contribution is 6.01. The van der Waals surface area contributed by atoms with Gasteiger partial charge in [0.1, 0.15) is 0 Å². The Balaban J connectivity index is 1.53. The first-order valence-corrected chi connectivity index (χ1v) is 8.28. The quantitative estimate of drug-likeness (QED) is 0.755. The number of amides is 2. The predicted molar refractivity (Wildman–Crippen MR) is 95.0 cm³/mol. The Morgan fingerprint density at radius 1 is 1.21 bits per heavy atom. The topological polar surface area (TPSA) is 59.0 Å². The number of urea groups is 1. The van der Waals surface area contributed by atoms with E-state index >= 15 is 0 Å². The SMILES string of the molecule is Cn1ncc2c1CCC[C@H]2NC(=O)Nc1cccc2ccccc12. The smallest absolute Gasteiger partial charge is 0.319 e. The van der Waals surface area contributed by atoms with Gasteiger partial charge < -0.3 is 10.6 Å². The van der Waals surface area contributed by atoms with Gasteiger partial charge in [-0.15, -0.1) is 0 Å². The molecule has 0 saturated carbocycles. The third-order valence-corrected chi connectivity index (χ3v) is 4.72. The number of hydrogen-bond acceptors (Lipinski definition) is 2. The standard InChI is InChI=1S/C19H20N4O/c1-23-18-11-5-10-17(15(18)12-20-23)22-19(24)21-16-9-4-7-13-6-2-3-8-14(13)16/h2-4,6-9,12,17H,5,10-11H2,1H3,(H2,21,22,24)/t17-/m1/s1. The number of benzene rings is 2. The zero-order valence-corrected chi connectivity index (χ0v) is 13.6. The number of rotatable bonds is 2. The fourth-order valence-electron chi connectivity index (χ4n) is 3.51. The lowest BCUT2D eigenvalue weighted by Crippen LogP contribution is -2.34. The van der Waals surface area contributed by atoms with E-state index in [1.165, 1.54) is 5.69 Å². The van der Waals surface area contributed by atoms with Crippen molar-refractivity contribution in [1.29, 1.82) is 0 Å². The van der Waals surface area contributed by atoms with Crippen molar-refractivity contribution in [3.05, 3.63) is 59.9 Å². The van der Waals surface area contributed by atoms with Crippen molar-refractivity contribution >= 4 is 22.5 Å². The molecule has 0 spiro atoms. The number of carbonyl (C=O) groups is 1. The first kappa shape index (κ1) is 14.8. The van der Waals surface area contributed by atoms with Gasteiger partial charge in [-0.2, -0.15) is 5.10 Å². The van der Waals surface area contributed by atoms with Gasteiger partial charge in [0.05, 0.1) is 17.9 Å².